The van der Waals surface area contributed by atoms with Gasteiger partial charge in [-0.1, -0.05) is 13.0 Å². The van der Waals surface area contributed by atoms with Gasteiger partial charge in [0.05, 0.1) is 5.39 Å². The van der Waals surface area contributed by atoms with Gasteiger partial charge in [-0.05, 0) is 68.8 Å². The van der Waals surface area contributed by atoms with Crippen LogP contribution >= 0.6 is 11.3 Å². The van der Waals surface area contributed by atoms with Crippen molar-refractivity contribution < 1.29 is 0 Å². The quantitative estimate of drug-likeness (QED) is 0.511. The molecule has 0 amide bonds. The fourth-order valence-corrected chi connectivity index (χ4v) is 6.75. The number of aromatic nitrogens is 5. The smallest absolute Gasteiger partial charge is 0.160 e. The summed E-state index contributed by atoms with van der Waals surface area (Å²) in [5.74, 6) is 3.87. The van der Waals surface area contributed by atoms with Gasteiger partial charge in [-0.3, -0.25) is 4.40 Å². The van der Waals surface area contributed by atoms with Gasteiger partial charge in [0.25, 0.3) is 0 Å². The topological polar surface area (TPSA) is 85.2 Å². The molecule has 1 unspecified atom stereocenters. The van der Waals surface area contributed by atoms with Crippen molar-refractivity contribution in [1.29, 1.82) is 0 Å². The van der Waals surface area contributed by atoms with Crippen molar-refractivity contribution in [3.8, 4) is 0 Å². The Morgan fingerprint density at radius 2 is 2.00 bits per heavy atom. The molecule has 4 aromatic heterocycles. The van der Waals surface area contributed by atoms with E-state index >= 15 is 0 Å². The molecule has 5 heterocycles. The average molecular weight is 448 g/mol. The molecule has 2 N–H and O–H groups in total. The molecular weight excluding hydrogens is 418 g/mol. The Labute approximate surface area is 191 Å². The molecular formula is C24H29N7S. The maximum Gasteiger partial charge on any atom is 0.160 e. The first-order valence-electron chi connectivity index (χ1n) is 11.7. The first-order valence-corrected chi connectivity index (χ1v) is 12.6. The van der Waals surface area contributed by atoms with E-state index in [1.807, 2.05) is 29.5 Å². The molecule has 1 aliphatic heterocycles. The van der Waals surface area contributed by atoms with Crippen LogP contribution in [0.3, 0.4) is 0 Å². The van der Waals surface area contributed by atoms with Gasteiger partial charge in [-0.25, -0.2) is 9.97 Å². The van der Waals surface area contributed by atoms with Crippen molar-refractivity contribution in [3.05, 3.63) is 46.5 Å². The molecule has 0 saturated carbocycles. The van der Waals surface area contributed by atoms with Crippen LogP contribution in [0.25, 0.3) is 15.9 Å². The second kappa shape index (κ2) is 8.08. The van der Waals surface area contributed by atoms with Crippen LogP contribution in [-0.4, -0.2) is 49.1 Å². The zero-order chi connectivity index (χ0) is 21.7. The number of fused-ring (bicyclic) bond motifs is 4. The van der Waals surface area contributed by atoms with E-state index < -0.39 is 0 Å². The summed E-state index contributed by atoms with van der Waals surface area (Å²) in [5, 5.41) is 9.92. The van der Waals surface area contributed by atoms with Crippen LogP contribution in [-0.2, 0) is 19.3 Å². The number of rotatable bonds is 4. The van der Waals surface area contributed by atoms with Gasteiger partial charge in [-0.15, -0.1) is 21.5 Å². The molecule has 1 saturated heterocycles. The third kappa shape index (κ3) is 3.55. The van der Waals surface area contributed by atoms with Crippen LogP contribution in [0.5, 0.6) is 0 Å². The Kier molecular flexibility index (Phi) is 5.07. The molecule has 2 aliphatic rings. The fourth-order valence-electron chi connectivity index (χ4n) is 5.34. The van der Waals surface area contributed by atoms with Gasteiger partial charge < -0.3 is 10.6 Å². The van der Waals surface area contributed by atoms with E-state index in [0.29, 0.717) is 11.7 Å². The largest absolute Gasteiger partial charge is 0.383 e. The second-order valence-corrected chi connectivity index (χ2v) is 10.5. The summed E-state index contributed by atoms with van der Waals surface area (Å²) in [6.45, 7) is 5.44. The first-order chi connectivity index (χ1) is 15.7. The van der Waals surface area contributed by atoms with E-state index in [4.69, 9.17) is 15.7 Å². The average Bonchev–Trinajstić information content (AvgIpc) is 3.39. The van der Waals surface area contributed by atoms with Crippen molar-refractivity contribution >= 4 is 33.0 Å². The number of hydrogen-bond donors (Lipinski definition) is 1. The summed E-state index contributed by atoms with van der Waals surface area (Å²) in [7, 11) is 0. The number of nitrogen functional groups attached to an aromatic ring is 1. The highest BCUT2D eigenvalue weighted by atomic mass is 32.1. The second-order valence-electron chi connectivity index (χ2n) is 9.41. The molecule has 8 heteroatoms. The Hall–Kier alpha value is -2.58. The molecule has 32 heavy (non-hydrogen) atoms. The van der Waals surface area contributed by atoms with Gasteiger partial charge in [0.1, 0.15) is 22.3 Å². The highest BCUT2D eigenvalue weighted by molar-refractivity contribution is 7.19. The lowest BCUT2D eigenvalue weighted by molar-refractivity contribution is 0.210. The van der Waals surface area contributed by atoms with E-state index in [9.17, 15) is 0 Å². The minimum absolute atomic E-state index is 0.465. The van der Waals surface area contributed by atoms with Gasteiger partial charge in [0.15, 0.2) is 5.65 Å². The predicted molar refractivity (Wildman–Crippen MR) is 128 cm³/mol. The maximum absolute atomic E-state index is 6.41. The molecule has 0 aromatic carbocycles. The first kappa shape index (κ1) is 20.1. The van der Waals surface area contributed by atoms with Crippen molar-refractivity contribution in [2.24, 2.45) is 5.92 Å². The molecule has 0 spiro atoms. The summed E-state index contributed by atoms with van der Waals surface area (Å²) in [6.07, 6.45) is 8.62. The van der Waals surface area contributed by atoms with Crippen LogP contribution in [0.15, 0.2) is 24.4 Å². The molecule has 7 nitrogen and oxygen atoms in total. The summed E-state index contributed by atoms with van der Waals surface area (Å²) >= 11 is 1.83. The fraction of sp³-hybridized carbons (Fsp3) is 0.500. The Morgan fingerprint density at radius 3 is 2.88 bits per heavy atom. The monoisotopic (exact) mass is 447 g/mol. The number of thiophene rings is 1. The predicted octanol–water partition coefficient (Wildman–Crippen LogP) is 3.86. The van der Waals surface area contributed by atoms with Crippen LogP contribution in [0.2, 0.25) is 0 Å². The molecule has 6 rings (SSSR count). The Morgan fingerprint density at radius 1 is 1.12 bits per heavy atom. The Balaban J connectivity index is 1.11. The lowest BCUT2D eigenvalue weighted by Crippen LogP contribution is -2.35. The van der Waals surface area contributed by atoms with Crippen LogP contribution in [0, 0.1) is 5.92 Å². The van der Waals surface area contributed by atoms with Crippen molar-refractivity contribution in [1.82, 2.24) is 29.5 Å². The van der Waals surface area contributed by atoms with E-state index in [1.54, 1.807) is 0 Å². The van der Waals surface area contributed by atoms with Gasteiger partial charge in [0, 0.05) is 30.0 Å². The summed E-state index contributed by atoms with van der Waals surface area (Å²) in [6, 6.07) is 6.06. The summed E-state index contributed by atoms with van der Waals surface area (Å²) in [4.78, 5) is 14.7. The van der Waals surface area contributed by atoms with E-state index in [0.717, 1.165) is 85.2 Å². The van der Waals surface area contributed by atoms with Crippen molar-refractivity contribution in [2.75, 3.05) is 25.4 Å². The highest BCUT2D eigenvalue weighted by Crippen LogP contribution is 2.39. The molecule has 1 aliphatic carbocycles. The SMILES string of the molecule is CC1CCc2c(sc3nc(CCN4CCC(c5nnc6ccccn56)CC4)nc(N)c23)C1. The van der Waals surface area contributed by atoms with Crippen molar-refractivity contribution in [3.63, 3.8) is 0 Å². The normalized spacial score (nSPS) is 20.2. The lowest BCUT2D eigenvalue weighted by atomic mass is 9.89. The number of nitrogens with two attached hydrogens (primary N) is 1. The number of hydrogen-bond acceptors (Lipinski definition) is 7. The molecule has 0 radical (unpaired) electrons. The van der Waals surface area contributed by atoms with E-state index in [2.05, 4.69) is 32.6 Å². The minimum atomic E-state index is 0.465. The summed E-state index contributed by atoms with van der Waals surface area (Å²) < 4.78 is 2.13. The van der Waals surface area contributed by atoms with Gasteiger partial charge in [-0.2, -0.15) is 0 Å². The molecule has 0 bridgehead atoms. The molecule has 4 aromatic rings. The number of aryl methyl sites for hydroxylation is 1. The third-order valence-corrected chi connectivity index (χ3v) is 8.32. The number of likely N-dealkylation sites (tertiary alicyclic amines) is 1. The maximum atomic E-state index is 6.41. The van der Waals surface area contributed by atoms with E-state index in [-0.39, 0.29) is 0 Å². The molecule has 1 atom stereocenters. The zero-order valence-electron chi connectivity index (χ0n) is 18.5. The van der Waals surface area contributed by atoms with E-state index in [1.165, 1.54) is 16.9 Å². The zero-order valence-corrected chi connectivity index (χ0v) is 19.3. The number of pyridine rings is 1. The van der Waals surface area contributed by atoms with Crippen molar-refractivity contribution in [2.45, 2.75) is 51.4 Å². The Bertz CT molecular complexity index is 1270. The van der Waals surface area contributed by atoms with Crippen LogP contribution < -0.4 is 5.73 Å². The highest BCUT2D eigenvalue weighted by Gasteiger charge is 2.25. The minimum Gasteiger partial charge on any atom is -0.383 e. The number of anilines is 1. The van der Waals surface area contributed by atoms with Crippen LogP contribution in [0.1, 0.15) is 54.2 Å². The van der Waals surface area contributed by atoms with Gasteiger partial charge in [0.2, 0.25) is 0 Å². The standard InChI is InChI=1S/C24H29N7S/c1-15-5-6-17-18(14-15)32-24-21(17)22(25)26-19(27-24)9-13-30-11-7-16(8-12-30)23-29-28-20-4-2-3-10-31(20)23/h2-4,10,15-16H,5-9,11-14H2,1H3,(H2,25,26,27). The lowest BCUT2D eigenvalue weighted by Gasteiger charge is -2.30. The molecule has 1 fully saturated rings. The third-order valence-electron chi connectivity index (χ3n) is 7.17. The van der Waals surface area contributed by atoms with Gasteiger partial charge >= 0.3 is 0 Å². The number of nitrogens with zero attached hydrogens (tertiary/aromatic N) is 6. The van der Waals surface area contributed by atoms with Crippen LogP contribution in [0.4, 0.5) is 5.82 Å². The summed E-state index contributed by atoms with van der Waals surface area (Å²) in [5.41, 5.74) is 8.76. The molecule has 166 valence electrons. The number of piperidine rings is 1.